The quantitative estimate of drug-likeness (QED) is 0.739. The van der Waals surface area contributed by atoms with Crippen molar-refractivity contribution in [1.82, 2.24) is 25.0 Å². The molecule has 10 heteroatoms. The molecule has 2 aromatic heterocycles. The van der Waals surface area contributed by atoms with Crippen LogP contribution in [0, 0.1) is 20.8 Å². The Kier molecular flexibility index (Phi) is 9.27. The van der Waals surface area contributed by atoms with Gasteiger partial charge in [-0.25, -0.2) is 9.67 Å². The summed E-state index contributed by atoms with van der Waals surface area (Å²) >= 11 is 1.32. The van der Waals surface area contributed by atoms with Gasteiger partial charge >= 0.3 is 0 Å². The van der Waals surface area contributed by atoms with Crippen molar-refractivity contribution in [3.05, 3.63) is 32.2 Å². The van der Waals surface area contributed by atoms with Gasteiger partial charge in [0.2, 0.25) is 0 Å². The summed E-state index contributed by atoms with van der Waals surface area (Å²) in [6, 6.07) is 0.222. The van der Waals surface area contributed by atoms with Gasteiger partial charge in [0.15, 0.2) is 0 Å². The van der Waals surface area contributed by atoms with Crippen molar-refractivity contribution in [3.8, 4) is 10.6 Å². The van der Waals surface area contributed by atoms with Gasteiger partial charge in [0.1, 0.15) is 9.88 Å². The first-order valence-electron chi connectivity index (χ1n) is 9.39. The van der Waals surface area contributed by atoms with Crippen LogP contribution in [0.25, 0.3) is 10.6 Å². The van der Waals surface area contributed by atoms with Crippen LogP contribution >= 0.6 is 36.2 Å². The Labute approximate surface area is 187 Å². The maximum Gasteiger partial charge on any atom is 0.277 e. The van der Waals surface area contributed by atoms with E-state index in [1.54, 1.807) is 7.05 Å². The Morgan fingerprint density at radius 3 is 2.55 bits per heavy atom. The molecule has 1 atom stereocenters. The summed E-state index contributed by atoms with van der Waals surface area (Å²) < 4.78 is 1.34. The molecule has 0 bridgehead atoms. The molecule has 0 spiro atoms. The zero-order chi connectivity index (χ0) is 19.7. The van der Waals surface area contributed by atoms with Crippen LogP contribution in [-0.2, 0) is 7.05 Å². The number of carbonyl (C=O) groups excluding carboxylic acids is 1. The molecule has 1 amide bonds. The van der Waals surface area contributed by atoms with Crippen LogP contribution in [0.1, 0.15) is 46.4 Å². The topological polar surface area (TPSA) is 80.1 Å². The van der Waals surface area contributed by atoms with E-state index in [4.69, 9.17) is 0 Å². The van der Waals surface area contributed by atoms with E-state index in [9.17, 15) is 9.59 Å². The van der Waals surface area contributed by atoms with Crippen LogP contribution in [0.5, 0.6) is 0 Å². The average Bonchev–Trinajstić information content (AvgIpc) is 3.28. The number of aryl methyl sites for hydroxylation is 3. The van der Waals surface area contributed by atoms with Crippen molar-refractivity contribution in [2.45, 2.75) is 46.6 Å². The van der Waals surface area contributed by atoms with E-state index in [-0.39, 0.29) is 42.3 Å². The predicted octanol–water partition coefficient (Wildman–Crippen LogP) is 2.89. The molecule has 7 nitrogen and oxygen atoms in total. The molecule has 1 aliphatic heterocycles. The first kappa shape index (κ1) is 25.6. The molecule has 1 saturated heterocycles. The molecule has 1 aliphatic rings. The zero-order valence-electron chi connectivity index (χ0n) is 17.4. The minimum atomic E-state index is -0.184. The lowest BCUT2D eigenvalue weighted by atomic mass is 10.1. The average molecular weight is 462 g/mol. The van der Waals surface area contributed by atoms with E-state index in [2.05, 4.69) is 22.3 Å². The molecule has 29 heavy (non-hydrogen) atoms. The Hall–Kier alpha value is -1.48. The Morgan fingerprint density at radius 2 is 1.97 bits per heavy atom. The predicted molar refractivity (Wildman–Crippen MR) is 122 cm³/mol. The van der Waals surface area contributed by atoms with Crippen molar-refractivity contribution >= 4 is 42.1 Å². The second-order valence-corrected chi connectivity index (χ2v) is 8.09. The summed E-state index contributed by atoms with van der Waals surface area (Å²) in [4.78, 5) is 33.1. The van der Waals surface area contributed by atoms with Crippen LogP contribution < -0.4 is 10.9 Å². The number of halogens is 2. The van der Waals surface area contributed by atoms with Gasteiger partial charge in [0.05, 0.1) is 17.0 Å². The van der Waals surface area contributed by atoms with E-state index >= 15 is 0 Å². The summed E-state index contributed by atoms with van der Waals surface area (Å²) in [7, 11) is 1.64. The summed E-state index contributed by atoms with van der Waals surface area (Å²) in [5.74, 6) is 0.0204. The lowest BCUT2D eigenvalue weighted by Crippen LogP contribution is -2.42. The number of nitrogens with zero attached hydrogens (tertiary/aromatic N) is 4. The van der Waals surface area contributed by atoms with Crippen LogP contribution in [0.15, 0.2) is 4.79 Å². The van der Waals surface area contributed by atoms with Crippen LogP contribution in [0.2, 0.25) is 0 Å². The Balaban J connectivity index is 0.00000210. The standard InChI is InChI=1S/C19H27N5O2S.2ClH/c1-6-9-24(14-7-8-20-10-14)19(26)16-13(4)21-17(27-16)15-11(2)12(3)22-23(5)18(15)25;;/h14,20H,6-10H2,1-5H3;2*1H. The maximum absolute atomic E-state index is 13.3. The highest BCUT2D eigenvalue weighted by Gasteiger charge is 2.30. The monoisotopic (exact) mass is 461 g/mol. The van der Waals surface area contributed by atoms with Crippen molar-refractivity contribution < 1.29 is 4.79 Å². The van der Waals surface area contributed by atoms with Gasteiger partial charge in [0.25, 0.3) is 11.5 Å². The molecule has 3 heterocycles. The highest BCUT2D eigenvalue weighted by molar-refractivity contribution is 7.17. The number of rotatable bonds is 5. The van der Waals surface area contributed by atoms with E-state index in [0.717, 1.165) is 43.7 Å². The van der Waals surface area contributed by atoms with Gasteiger partial charge in [-0.05, 0) is 45.7 Å². The molecule has 1 N–H and O–H groups in total. The van der Waals surface area contributed by atoms with E-state index in [1.807, 2.05) is 25.7 Å². The van der Waals surface area contributed by atoms with E-state index in [0.29, 0.717) is 21.1 Å². The molecule has 2 aromatic rings. The van der Waals surface area contributed by atoms with Crippen LogP contribution in [-0.4, -0.2) is 51.2 Å². The highest BCUT2D eigenvalue weighted by atomic mass is 35.5. The first-order chi connectivity index (χ1) is 12.8. The fourth-order valence-corrected chi connectivity index (χ4v) is 4.65. The summed E-state index contributed by atoms with van der Waals surface area (Å²) in [5, 5.41) is 8.16. The van der Waals surface area contributed by atoms with Gasteiger partial charge in [0, 0.05) is 26.2 Å². The Bertz CT molecular complexity index is 922. The third-order valence-corrected chi connectivity index (χ3v) is 6.29. The third-order valence-electron chi connectivity index (χ3n) is 5.13. The number of carbonyl (C=O) groups is 1. The maximum atomic E-state index is 13.3. The molecule has 0 saturated carbocycles. The summed E-state index contributed by atoms with van der Waals surface area (Å²) in [6.45, 7) is 10.2. The number of amides is 1. The smallest absolute Gasteiger partial charge is 0.277 e. The highest BCUT2D eigenvalue weighted by Crippen LogP contribution is 2.30. The largest absolute Gasteiger partial charge is 0.334 e. The zero-order valence-corrected chi connectivity index (χ0v) is 19.9. The molecule has 0 radical (unpaired) electrons. The summed E-state index contributed by atoms with van der Waals surface area (Å²) in [5.41, 5.74) is 2.65. The molecule has 0 aromatic carbocycles. The minimum Gasteiger partial charge on any atom is -0.334 e. The third kappa shape index (κ3) is 4.99. The van der Waals surface area contributed by atoms with Gasteiger partial charge in [-0.1, -0.05) is 6.92 Å². The molecular weight excluding hydrogens is 433 g/mol. The number of hydrogen-bond acceptors (Lipinski definition) is 6. The lowest BCUT2D eigenvalue weighted by Gasteiger charge is -2.27. The fourth-order valence-electron chi connectivity index (χ4n) is 3.53. The second-order valence-electron chi connectivity index (χ2n) is 7.09. The number of thiazole rings is 1. The minimum absolute atomic E-state index is 0. The number of hydrogen-bond donors (Lipinski definition) is 1. The van der Waals surface area contributed by atoms with Crippen molar-refractivity contribution in [2.24, 2.45) is 7.05 Å². The van der Waals surface area contributed by atoms with Gasteiger partial charge < -0.3 is 10.2 Å². The van der Waals surface area contributed by atoms with E-state index < -0.39 is 0 Å². The molecular formula is C19H29Cl2N5O2S. The van der Waals surface area contributed by atoms with Crippen molar-refractivity contribution in [3.63, 3.8) is 0 Å². The van der Waals surface area contributed by atoms with Crippen LogP contribution in [0.4, 0.5) is 0 Å². The Morgan fingerprint density at radius 1 is 1.28 bits per heavy atom. The molecule has 162 valence electrons. The number of aromatic nitrogens is 3. The van der Waals surface area contributed by atoms with Crippen molar-refractivity contribution in [2.75, 3.05) is 19.6 Å². The SMILES string of the molecule is CCCN(C(=O)c1sc(-c2c(C)c(C)nn(C)c2=O)nc1C)C1CCNC1.Cl.Cl. The van der Waals surface area contributed by atoms with Crippen LogP contribution in [0.3, 0.4) is 0 Å². The fraction of sp³-hybridized carbons (Fsp3) is 0.579. The normalized spacial score (nSPS) is 15.6. The second kappa shape index (κ2) is 10.5. The van der Waals surface area contributed by atoms with Gasteiger partial charge in [-0.15, -0.1) is 36.2 Å². The molecule has 1 unspecified atom stereocenters. The first-order valence-corrected chi connectivity index (χ1v) is 10.2. The summed E-state index contributed by atoms with van der Waals surface area (Å²) in [6.07, 6.45) is 1.88. The molecule has 1 fully saturated rings. The molecule has 3 rings (SSSR count). The lowest BCUT2D eigenvalue weighted by molar-refractivity contribution is 0.0696. The van der Waals surface area contributed by atoms with Crippen molar-refractivity contribution in [1.29, 1.82) is 0 Å². The number of nitrogens with one attached hydrogen (secondary N) is 1. The van der Waals surface area contributed by atoms with Gasteiger partial charge in [-0.3, -0.25) is 9.59 Å². The van der Waals surface area contributed by atoms with E-state index in [1.165, 1.54) is 16.0 Å². The molecule has 0 aliphatic carbocycles. The van der Waals surface area contributed by atoms with Gasteiger partial charge in [-0.2, -0.15) is 5.10 Å².